The lowest BCUT2D eigenvalue weighted by atomic mass is 9.74. The molecule has 164 valence electrons. The van der Waals surface area contributed by atoms with Crippen LogP contribution in [0.3, 0.4) is 0 Å². The molecular weight excluding hydrogens is 370 g/mol. The second-order valence-corrected chi connectivity index (χ2v) is 10.6. The molecule has 0 aromatic carbocycles. The summed E-state index contributed by atoms with van der Waals surface area (Å²) in [6, 6.07) is 0. The minimum absolute atomic E-state index is 0.0517. The average Bonchev–Trinajstić information content (AvgIpc) is 3.17. The number of nitrogens with zero attached hydrogens (tertiary/aromatic N) is 1. The van der Waals surface area contributed by atoms with E-state index in [1.807, 2.05) is 0 Å². The largest absolute Gasteiger partial charge is 0.352 e. The Morgan fingerprint density at radius 1 is 1.10 bits per heavy atom. The number of alkyl halides is 1. The Morgan fingerprint density at radius 3 is 2.31 bits per heavy atom. The van der Waals surface area contributed by atoms with E-state index in [-0.39, 0.29) is 18.3 Å². The summed E-state index contributed by atoms with van der Waals surface area (Å²) in [5.74, 6) is -0.174. The Labute approximate surface area is 175 Å². The lowest BCUT2D eigenvalue weighted by Gasteiger charge is -2.38. The van der Waals surface area contributed by atoms with E-state index in [2.05, 4.69) is 31.0 Å². The number of hydrogen-bond acceptors (Lipinski definition) is 2. The van der Waals surface area contributed by atoms with Gasteiger partial charge in [0.15, 0.2) is 0 Å². The summed E-state index contributed by atoms with van der Waals surface area (Å²) in [4.78, 5) is 15.5. The van der Waals surface area contributed by atoms with Gasteiger partial charge in [0.2, 0.25) is 5.91 Å². The van der Waals surface area contributed by atoms with Gasteiger partial charge in [-0.3, -0.25) is 4.79 Å². The van der Waals surface area contributed by atoms with Crippen molar-refractivity contribution in [1.29, 1.82) is 0 Å². The summed E-state index contributed by atoms with van der Waals surface area (Å²) in [7, 11) is 0. The van der Waals surface area contributed by atoms with Gasteiger partial charge in [0, 0.05) is 19.5 Å². The summed E-state index contributed by atoms with van der Waals surface area (Å²) in [6.45, 7) is 9.31. The van der Waals surface area contributed by atoms with Crippen LogP contribution in [-0.2, 0) is 4.79 Å². The van der Waals surface area contributed by atoms with E-state index < -0.39 is 11.1 Å². The molecule has 1 saturated heterocycles. The van der Waals surface area contributed by atoms with Crippen LogP contribution < -0.4 is 5.32 Å². The van der Waals surface area contributed by atoms with Crippen LogP contribution in [0.4, 0.5) is 8.78 Å². The minimum Gasteiger partial charge on any atom is -0.352 e. The van der Waals surface area contributed by atoms with Crippen molar-refractivity contribution in [2.75, 3.05) is 26.2 Å². The number of carbonyl (C=O) groups excluding carboxylic acids is 1. The van der Waals surface area contributed by atoms with Gasteiger partial charge >= 0.3 is 0 Å². The highest BCUT2D eigenvalue weighted by Crippen LogP contribution is 2.47. The highest BCUT2D eigenvalue weighted by Gasteiger charge is 2.45. The molecule has 3 aliphatic rings. The molecule has 1 aliphatic heterocycles. The normalized spacial score (nSPS) is 24.7. The Morgan fingerprint density at radius 2 is 1.76 bits per heavy atom. The Kier molecular flexibility index (Phi) is 6.87. The Hall–Kier alpha value is -1.23. The van der Waals surface area contributed by atoms with Crippen LogP contribution in [0.5, 0.6) is 0 Å². The van der Waals surface area contributed by atoms with Crippen LogP contribution in [0.25, 0.3) is 0 Å². The first-order valence-corrected chi connectivity index (χ1v) is 11.4. The number of amides is 1. The van der Waals surface area contributed by atoms with Crippen molar-refractivity contribution >= 4 is 5.91 Å². The van der Waals surface area contributed by atoms with Crippen LogP contribution in [0.15, 0.2) is 23.6 Å². The first-order valence-electron chi connectivity index (χ1n) is 11.4. The molecule has 3 rings (SSSR count). The van der Waals surface area contributed by atoms with Gasteiger partial charge in [-0.2, -0.15) is 0 Å². The fraction of sp³-hybridized carbons (Fsp3) is 0.792. The second-order valence-electron chi connectivity index (χ2n) is 10.6. The summed E-state index contributed by atoms with van der Waals surface area (Å²) in [5, 5.41) is 2.97. The number of halogens is 2. The molecule has 0 atom stereocenters. The van der Waals surface area contributed by atoms with E-state index in [1.54, 1.807) is 6.08 Å². The topological polar surface area (TPSA) is 32.3 Å². The summed E-state index contributed by atoms with van der Waals surface area (Å²) >= 11 is 0. The summed E-state index contributed by atoms with van der Waals surface area (Å²) in [5.41, 5.74) is -0.555. The van der Waals surface area contributed by atoms with Crippen LogP contribution in [0, 0.1) is 10.8 Å². The smallest absolute Gasteiger partial charge is 0.230 e. The first kappa shape index (κ1) is 22.5. The van der Waals surface area contributed by atoms with Crippen molar-refractivity contribution in [2.24, 2.45) is 10.8 Å². The fourth-order valence-corrected chi connectivity index (χ4v) is 4.94. The Balaban J connectivity index is 1.54. The molecule has 5 heteroatoms. The van der Waals surface area contributed by atoms with Crippen molar-refractivity contribution in [2.45, 2.75) is 84.2 Å². The van der Waals surface area contributed by atoms with Crippen molar-refractivity contribution in [1.82, 2.24) is 10.2 Å². The van der Waals surface area contributed by atoms with Gasteiger partial charge in [0.25, 0.3) is 0 Å². The zero-order chi connectivity index (χ0) is 21.1. The van der Waals surface area contributed by atoms with Crippen molar-refractivity contribution in [3.8, 4) is 0 Å². The predicted octanol–water partition coefficient (Wildman–Crippen LogP) is 5.48. The van der Waals surface area contributed by atoms with E-state index in [1.165, 1.54) is 6.08 Å². The highest BCUT2D eigenvalue weighted by molar-refractivity contribution is 5.86. The van der Waals surface area contributed by atoms with E-state index in [4.69, 9.17) is 0 Å². The molecule has 2 fully saturated rings. The number of carbonyl (C=O) groups is 1. The maximum atomic E-state index is 15.4. The third-order valence-electron chi connectivity index (χ3n) is 7.10. The molecule has 1 heterocycles. The van der Waals surface area contributed by atoms with Gasteiger partial charge in [0.1, 0.15) is 11.5 Å². The van der Waals surface area contributed by atoms with Crippen molar-refractivity contribution in [3.63, 3.8) is 0 Å². The van der Waals surface area contributed by atoms with Gasteiger partial charge in [-0.15, -0.1) is 0 Å². The van der Waals surface area contributed by atoms with E-state index >= 15 is 4.39 Å². The summed E-state index contributed by atoms with van der Waals surface area (Å²) < 4.78 is 28.8. The summed E-state index contributed by atoms with van der Waals surface area (Å²) in [6.07, 6.45) is 9.90. The number of allylic oxidation sites excluding steroid dienone is 3. The SMILES string of the molecule is CC(C)(C)CCN1CCC(F)(CNC(=O)C2(C3=CC=C(F)CC3)CCCC2)CC1. The molecule has 0 spiro atoms. The van der Waals surface area contributed by atoms with Crippen molar-refractivity contribution < 1.29 is 13.6 Å². The molecule has 0 aromatic rings. The average molecular weight is 409 g/mol. The van der Waals surface area contributed by atoms with Gasteiger partial charge in [0.05, 0.1) is 12.0 Å². The third kappa shape index (κ3) is 5.68. The van der Waals surface area contributed by atoms with E-state index in [9.17, 15) is 9.18 Å². The number of piperidine rings is 1. The molecule has 0 bridgehead atoms. The number of rotatable bonds is 6. The molecule has 2 aliphatic carbocycles. The van der Waals surface area contributed by atoms with Crippen LogP contribution in [-0.4, -0.2) is 42.7 Å². The maximum absolute atomic E-state index is 15.4. The Bertz CT molecular complexity index is 648. The molecule has 29 heavy (non-hydrogen) atoms. The molecular formula is C24H38F2N2O. The van der Waals surface area contributed by atoms with E-state index in [0.29, 0.717) is 31.1 Å². The lowest BCUT2D eigenvalue weighted by molar-refractivity contribution is -0.130. The molecule has 1 saturated carbocycles. The van der Waals surface area contributed by atoms with Crippen LogP contribution in [0.2, 0.25) is 0 Å². The van der Waals surface area contributed by atoms with Gasteiger partial charge in [-0.25, -0.2) is 8.78 Å². The number of hydrogen-bond donors (Lipinski definition) is 1. The molecule has 0 radical (unpaired) electrons. The molecule has 3 nitrogen and oxygen atoms in total. The molecule has 0 unspecified atom stereocenters. The lowest BCUT2D eigenvalue weighted by Crippen LogP contribution is -2.51. The number of likely N-dealkylation sites (tertiary alicyclic amines) is 1. The minimum atomic E-state index is -1.32. The van der Waals surface area contributed by atoms with Gasteiger partial charge in [-0.05, 0) is 56.6 Å². The second kappa shape index (κ2) is 8.87. The van der Waals surface area contributed by atoms with Crippen LogP contribution in [0.1, 0.15) is 78.6 Å². The van der Waals surface area contributed by atoms with Crippen molar-refractivity contribution in [3.05, 3.63) is 23.6 Å². The van der Waals surface area contributed by atoms with Gasteiger partial charge < -0.3 is 10.2 Å². The maximum Gasteiger partial charge on any atom is 0.230 e. The predicted molar refractivity (Wildman–Crippen MR) is 114 cm³/mol. The third-order valence-corrected chi connectivity index (χ3v) is 7.10. The monoisotopic (exact) mass is 408 g/mol. The first-order chi connectivity index (χ1) is 13.6. The molecule has 1 N–H and O–H groups in total. The van der Waals surface area contributed by atoms with Crippen LogP contribution >= 0.6 is 0 Å². The zero-order valence-corrected chi connectivity index (χ0v) is 18.5. The quantitative estimate of drug-likeness (QED) is 0.631. The highest BCUT2D eigenvalue weighted by atomic mass is 19.1. The zero-order valence-electron chi connectivity index (χ0n) is 18.5. The van der Waals surface area contributed by atoms with E-state index in [0.717, 1.165) is 57.3 Å². The molecule has 1 amide bonds. The molecule has 0 aromatic heterocycles. The van der Waals surface area contributed by atoms with Gasteiger partial charge in [-0.1, -0.05) is 45.3 Å². The number of nitrogens with one attached hydrogen (secondary N) is 1. The standard InChI is InChI=1S/C24H38F2N2O/c1-22(2,3)12-15-28-16-13-23(26,14-17-28)18-27-21(29)24(10-4-5-11-24)19-6-8-20(25)9-7-19/h6,8H,4-5,7,9-18H2,1-3H3,(H,27,29). The fourth-order valence-electron chi connectivity index (χ4n) is 4.94.